The number of nitrogens with one attached hydrogen (secondary N) is 1. The zero-order chi connectivity index (χ0) is 13.8. The van der Waals surface area contributed by atoms with Crippen LogP contribution in [-0.2, 0) is 6.42 Å². The molecule has 0 saturated heterocycles. The van der Waals surface area contributed by atoms with Crippen LogP contribution >= 0.6 is 0 Å². The average molecular weight is 265 g/mol. The number of nitrogens with zero attached hydrogens (tertiary/aromatic N) is 2. The number of aliphatic hydroxyl groups excluding tert-OH is 1. The van der Waals surface area contributed by atoms with Gasteiger partial charge >= 0.3 is 0 Å². The zero-order valence-electron chi connectivity index (χ0n) is 11.0. The number of hydrogen-bond donors (Lipinski definition) is 2. The van der Waals surface area contributed by atoms with Gasteiger partial charge in [-0.2, -0.15) is 0 Å². The first kappa shape index (κ1) is 12.6. The van der Waals surface area contributed by atoms with Crippen LogP contribution in [-0.4, -0.2) is 26.7 Å². The van der Waals surface area contributed by atoms with E-state index in [-0.39, 0.29) is 6.61 Å². The van der Waals surface area contributed by atoms with Crippen molar-refractivity contribution in [3.8, 4) is 22.5 Å². The second-order valence-corrected chi connectivity index (χ2v) is 4.48. The fourth-order valence-corrected chi connectivity index (χ4v) is 2.18. The fraction of sp³-hybridized carbons (Fsp3) is 0.125. The molecule has 2 N–H and O–H groups in total. The minimum Gasteiger partial charge on any atom is -0.396 e. The predicted octanol–water partition coefficient (Wildman–Crippen LogP) is 2.67. The molecular formula is C16H15N3O. The van der Waals surface area contributed by atoms with Gasteiger partial charge in [-0.1, -0.05) is 30.3 Å². The molecule has 0 amide bonds. The number of imidazole rings is 1. The second-order valence-electron chi connectivity index (χ2n) is 4.48. The molecule has 100 valence electrons. The number of aliphatic hydroxyl groups is 1. The van der Waals surface area contributed by atoms with E-state index in [9.17, 15) is 0 Å². The molecule has 0 aliphatic rings. The van der Waals surface area contributed by atoms with Crippen LogP contribution in [0.15, 0.2) is 54.9 Å². The minimum absolute atomic E-state index is 0.0809. The maximum Gasteiger partial charge on any atom is 0.109 e. The smallest absolute Gasteiger partial charge is 0.109 e. The van der Waals surface area contributed by atoms with Crippen molar-refractivity contribution < 1.29 is 5.11 Å². The average Bonchev–Trinajstić information content (AvgIpc) is 2.93. The van der Waals surface area contributed by atoms with E-state index in [2.05, 4.69) is 15.0 Å². The molecule has 0 aliphatic heterocycles. The summed E-state index contributed by atoms with van der Waals surface area (Å²) < 4.78 is 0. The summed E-state index contributed by atoms with van der Waals surface area (Å²) in [5.41, 5.74) is 3.96. The first-order valence-corrected chi connectivity index (χ1v) is 6.54. The molecule has 2 heterocycles. The second kappa shape index (κ2) is 5.67. The Labute approximate surface area is 117 Å². The van der Waals surface area contributed by atoms with Crippen molar-refractivity contribution in [2.24, 2.45) is 0 Å². The van der Waals surface area contributed by atoms with E-state index in [1.54, 1.807) is 12.4 Å². The Kier molecular flexibility index (Phi) is 3.56. The van der Waals surface area contributed by atoms with E-state index in [4.69, 9.17) is 5.11 Å². The van der Waals surface area contributed by atoms with Crippen LogP contribution in [0.2, 0.25) is 0 Å². The van der Waals surface area contributed by atoms with E-state index >= 15 is 0 Å². The lowest BCUT2D eigenvalue weighted by molar-refractivity contribution is 0.297. The Hall–Kier alpha value is -2.46. The Morgan fingerprint density at radius 1 is 0.950 bits per heavy atom. The minimum atomic E-state index is 0.0809. The van der Waals surface area contributed by atoms with Crippen LogP contribution in [0.4, 0.5) is 0 Å². The standard InChI is InChI=1S/C16H15N3O/c20-11-8-14-18-15(12-4-2-1-3-5-12)16(19-14)13-6-9-17-10-7-13/h1-7,9-10,20H,8,11H2,(H,18,19). The number of rotatable bonds is 4. The summed E-state index contributed by atoms with van der Waals surface area (Å²) in [7, 11) is 0. The zero-order valence-corrected chi connectivity index (χ0v) is 11.0. The van der Waals surface area contributed by atoms with Gasteiger partial charge in [-0.15, -0.1) is 0 Å². The number of aromatic amines is 1. The molecule has 4 heteroatoms. The van der Waals surface area contributed by atoms with Crippen LogP contribution < -0.4 is 0 Å². The van der Waals surface area contributed by atoms with Crippen molar-refractivity contribution in [2.45, 2.75) is 6.42 Å². The molecular weight excluding hydrogens is 250 g/mol. The molecule has 0 fully saturated rings. The van der Waals surface area contributed by atoms with Crippen molar-refractivity contribution in [3.05, 3.63) is 60.7 Å². The fourth-order valence-electron chi connectivity index (χ4n) is 2.18. The SMILES string of the molecule is OCCc1nc(-c2ccccc2)c(-c2ccncc2)[nH]1. The number of benzene rings is 1. The lowest BCUT2D eigenvalue weighted by Crippen LogP contribution is -1.92. The Morgan fingerprint density at radius 2 is 1.70 bits per heavy atom. The summed E-state index contributed by atoms with van der Waals surface area (Å²) >= 11 is 0. The predicted molar refractivity (Wildman–Crippen MR) is 78.0 cm³/mol. The maximum absolute atomic E-state index is 9.09. The summed E-state index contributed by atoms with van der Waals surface area (Å²) in [4.78, 5) is 12.0. The van der Waals surface area contributed by atoms with Crippen molar-refractivity contribution >= 4 is 0 Å². The van der Waals surface area contributed by atoms with Gasteiger partial charge in [0.1, 0.15) is 5.82 Å². The molecule has 4 nitrogen and oxygen atoms in total. The summed E-state index contributed by atoms with van der Waals surface area (Å²) in [5.74, 6) is 0.790. The van der Waals surface area contributed by atoms with Gasteiger partial charge in [0.25, 0.3) is 0 Å². The quantitative estimate of drug-likeness (QED) is 0.762. The molecule has 0 saturated carbocycles. The third-order valence-corrected chi connectivity index (χ3v) is 3.12. The highest BCUT2D eigenvalue weighted by Gasteiger charge is 2.13. The molecule has 1 aromatic carbocycles. The number of pyridine rings is 1. The van der Waals surface area contributed by atoms with Gasteiger partial charge in [0, 0.05) is 29.9 Å². The third-order valence-electron chi connectivity index (χ3n) is 3.12. The van der Waals surface area contributed by atoms with E-state index in [0.717, 1.165) is 28.3 Å². The lowest BCUT2D eigenvalue weighted by atomic mass is 10.1. The van der Waals surface area contributed by atoms with Gasteiger partial charge in [0.2, 0.25) is 0 Å². The molecule has 0 atom stereocenters. The molecule has 0 spiro atoms. The van der Waals surface area contributed by atoms with Crippen LogP contribution in [0.3, 0.4) is 0 Å². The van der Waals surface area contributed by atoms with Crippen LogP contribution in [0.5, 0.6) is 0 Å². The van der Waals surface area contributed by atoms with Crippen molar-refractivity contribution in [3.63, 3.8) is 0 Å². The maximum atomic E-state index is 9.09. The van der Waals surface area contributed by atoms with Crippen LogP contribution in [0, 0.1) is 0 Å². The van der Waals surface area contributed by atoms with Gasteiger partial charge in [-0.3, -0.25) is 4.98 Å². The van der Waals surface area contributed by atoms with E-state index in [1.807, 2.05) is 42.5 Å². The lowest BCUT2D eigenvalue weighted by Gasteiger charge is -2.02. The van der Waals surface area contributed by atoms with Crippen molar-refractivity contribution in [1.29, 1.82) is 0 Å². The highest BCUT2D eigenvalue weighted by atomic mass is 16.3. The van der Waals surface area contributed by atoms with Gasteiger partial charge in [-0.25, -0.2) is 4.98 Å². The molecule has 3 aromatic rings. The summed E-state index contributed by atoms with van der Waals surface area (Å²) in [6.07, 6.45) is 4.04. The molecule has 0 radical (unpaired) electrons. The molecule has 0 unspecified atom stereocenters. The first-order chi connectivity index (χ1) is 9.88. The summed E-state index contributed by atoms with van der Waals surface area (Å²) in [6, 6.07) is 13.9. The largest absolute Gasteiger partial charge is 0.396 e. The normalized spacial score (nSPS) is 10.7. The van der Waals surface area contributed by atoms with Crippen LogP contribution in [0.1, 0.15) is 5.82 Å². The number of hydrogen-bond acceptors (Lipinski definition) is 3. The first-order valence-electron chi connectivity index (χ1n) is 6.54. The molecule has 20 heavy (non-hydrogen) atoms. The number of aromatic nitrogens is 3. The molecule has 0 aliphatic carbocycles. The Morgan fingerprint density at radius 3 is 2.40 bits per heavy atom. The molecule has 0 bridgehead atoms. The monoisotopic (exact) mass is 265 g/mol. The van der Waals surface area contributed by atoms with Gasteiger partial charge in [0.15, 0.2) is 0 Å². The molecule has 3 rings (SSSR count). The van der Waals surface area contributed by atoms with Crippen molar-refractivity contribution in [2.75, 3.05) is 6.61 Å². The highest BCUT2D eigenvalue weighted by Crippen LogP contribution is 2.29. The summed E-state index contributed by atoms with van der Waals surface area (Å²) in [5, 5.41) is 9.09. The number of H-pyrrole nitrogens is 1. The van der Waals surface area contributed by atoms with E-state index < -0.39 is 0 Å². The third kappa shape index (κ3) is 2.46. The summed E-state index contributed by atoms with van der Waals surface area (Å²) in [6.45, 7) is 0.0809. The Bertz CT molecular complexity index is 620. The topological polar surface area (TPSA) is 61.8 Å². The van der Waals surface area contributed by atoms with Crippen molar-refractivity contribution in [1.82, 2.24) is 15.0 Å². The van der Waals surface area contributed by atoms with E-state index in [1.165, 1.54) is 0 Å². The highest BCUT2D eigenvalue weighted by molar-refractivity contribution is 5.78. The van der Waals surface area contributed by atoms with Gasteiger partial charge in [-0.05, 0) is 12.1 Å². The van der Waals surface area contributed by atoms with E-state index in [0.29, 0.717) is 6.42 Å². The van der Waals surface area contributed by atoms with Crippen LogP contribution in [0.25, 0.3) is 22.5 Å². The van der Waals surface area contributed by atoms with Gasteiger partial charge < -0.3 is 10.1 Å². The molecule has 2 aromatic heterocycles. The van der Waals surface area contributed by atoms with Gasteiger partial charge in [0.05, 0.1) is 18.0 Å². The Balaban J connectivity index is 2.13.